The van der Waals surface area contributed by atoms with E-state index in [2.05, 4.69) is 0 Å². The maximum atomic E-state index is 13.2. The number of nitrogens with zero attached hydrogens (tertiary/aromatic N) is 2. The van der Waals surface area contributed by atoms with E-state index in [0.29, 0.717) is 13.1 Å². The van der Waals surface area contributed by atoms with Crippen LogP contribution in [0.5, 0.6) is 0 Å². The van der Waals surface area contributed by atoms with Crippen LogP contribution < -0.4 is 4.90 Å². The Kier molecular flexibility index (Phi) is 6.08. The lowest BCUT2D eigenvalue weighted by Gasteiger charge is -2.25. The van der Waals surface area contributed by atoms with Gasteiger partial charge in [0.15, 0.2) is 0 Å². The van der Waals surface area contributed by atoms with Gasteiger partial charge in [0.1, 0.15) is 0 Å². The quantitative estimate of drug-likeness (QED) is 0.780. The van der Waals surface area contributed by atoms with Crippen LogP contribution in [0.25, 0.3) is 0 Å². The first kappa shape index (κ1) is 19.3. The largest absolute Gasteiger partial charge is 0.418 e. The van der Waals surface area contributed by atoms with Gasteiger partial charge in [0.25, 0.3) is 0 Å². The Morgan fingerprint density at radius 2 is 1.80 bits per heavy atom. The van der Waals surface area contributed by atoms with Gasteiger partial charge < -0.3 is 9.80 Å². The van der Waals surface area contributed by atoms with Crippen molar-refractivity contribution in [3.63, 3.8) is 0 Å². The van der Waals surface area contributed by atoms with Crippen LogP contribution in [-0.2, 0) is 15.8 Å². The predicted octanol–water partition coefficient (Wildman–Crippen LogP) is 3.71. The lowest BCUT2D eigenvalue weighted by molar-refractivity contribution is -0.137. The second kappa shape index (κ2) is 7.89. The highest BCUT2D eigenvalue weighted by molar-refractivity contribution is 6.00. The molecule has 4 nitrogen and oxygen atoms in total. The lowest BCUT2D eigenvalue weighted by Crippen LogP contribution is -2.38. The van der Waals surface area contributed by atoms with E-state index in [-0.39, 0.29) is 24.6 Å². The Morgan fingerprint density at radius 3 is 2.36 bits per heavy atom. The molecule has 0 bridgehead atoms. The zero-order valence-electron chi connectivity index (χ0n) is 14.5. The molecule has 2 rings (SSSR count). The monoisotopic (exact) mass is 356 g/mol. The van der Waals surface area contributed by atoms with Crippen LogP contribution in [0.15, 0.2) is 24.3 Å². The number of carbonyl (C=O) groups excluding carboxylic acids is 2. The van der Waals surface area contributed by atoms with Crippen LogP contribution in [0.4, 0.5) is 18.9 Å². The summed E-state index contributed by atoms with van der Waals surface area (Å²) in [4.78, 5) is 27.8. The summed E-state index contributed by atoms with van der Waals surface area (Å²) >= 11 is 0. The highest BCUT2D eigenvalue weighted by atomic mass is 19.4. The van der Waals surface area contributed by atoms with Crippen LogP contribution in [0, 0.1) is 5.92 Å². The molecule has 1 aliphatic heterocycles. The van der Waals surface area contributed by atoms with E-state index >= 15 is 0 Å². The molecule has 1 aliphatic rings. The van der Waals surface area contributed by atoms with Crippen LogP contribution in [0.3, 0.4) is 0 Å². The fraction of sp³-hybridized carbons (Fsp3) is 0.556. The minimum absolute atomic E-state index is 0.00527. The van der Waals surface area contributed by atoms with E-state index in [1.54, 1.807) is 4.90 Å². The molecule has 0 aromatic heterocycles. The van der Waals surface area contributed by atoms with Gasteiger partial charge in [-0.05, 0) is 25.0 Å². The summed E-state index contributed by atoms with van der Waals surface area (Å²) in [6.45, 7) is 5.10. The molecular weight excluding hydrogens is 333 g/mol. The summed E-state index contributed by atoms with van der Waals surface area (Å²) in [5.74, 6) is -1.18. The predicted molar refractivity (Wildman–Crippen MR) is 89.1 cm³/mol. The molecule has 0 N–H and O–H groups in total. The molecule has 1 unspecified atom stereocenters. The van der Waals surface area contributed by atoms with Gasteiger partial charge in [-0.15, -0.1) is 0 Å². The number of anilines is 1. The third-order valence-corrected chi connectivity index (χ3v) is 4.27. The standard InChI is InChI=1S/C18H23F3N2O2/c1-3-9-22(10-4-2)17(25)13-11-16(24)23(12-13)15-8-6-5-7-14(15)18(19,20)21/h5-8,13H,3-4,9-12H2,1-2H3. The van der Waals surface area contributed by atoms with Gasteiger partial charge in [-0.3, -0.25) is 9.59 Å². The molecule has 1 heterocycles. The second-order valence-corrected chi connectivity index (χ2v) is 6.25. The number of amides is 2. The first-order valence-electron chi connectivity index (χ1n) is 8.54. The number of halogens is 3. The van der Waals surface area contributed by atoms with Crippen LogP contribution in [-0.4, -0.2) is 36.3 Å². The van der Waals surface area contributed by atoms with Gasteiger partial charge in [0, 0.05) is 26.1 Å². The summed E-state index contributed by atoms with van der Waals surface area (Å²) in [6.07, 6.45) is -3.00. The number of alkyl halides is 3. The highest BCUT2D eigenvalue weighted by Crippen LogP contribution is 2.38. The average molecular weight is 356 g/mol. The van der Waals surface area contributed by atoms with E-state index in [1.165, 1.54) is 18.2 Å². The van der Waals surface area contributed by atoms with Crippen molar-refractivity contribution in [2.75, 3.05) is 24.5 Å². The number of hydrogen-bond donors (Lipinski definition) is 0. The van der Waals surface area contributed by atoms with Gasteiger partial charge in [-0.2, -0.15) is 13.2 Å². The molecule has 1 aromatic carbocycles. The normalized spacial score (nSPS) is 17.9. The molecule has 25 heavy (non-hydrogen) atoms. The number of carbonyl (C=O) groups is 2. The summed E-state index contributed by atoms with van der Waals surface area (Å²) in [7, 11) is 0. The zero-order valence-corrected chi connectivity index (χ0v) is 14.5. The van der Waals surface area contributed by atoms with E-state index < -0.39 is 23.6 Å². The number of para-hydroxylation sites is 1. The molecule has 2 amide bonds. The minimum atomic E-state index is -4.55. The summed E-state index contributed by atoms with van der Waals surface area (Å²) in [5, 5.41) is 0. The summed E-state index contributed by atoms with van der Waals surface area (Å²) < 4.78 is 39.6. The molecule has 1 saturated heterocycles. The van der Waals surface area contributed by atoms with Crippen molar-refractivity contribution in [3.8, 4) is 0 Å². The molecule has 1 atom stereocenters. The maximum Gasteiger partial charge on any atom is 0.418 e. The summed E-state index contributed by atoms with van der Waals surface area (Å²) in [5.41, 5.74) is -1.02. The van der Waals surface area contributed by atoms with Crippen LogP contribution >= 0.6 is 0 Å². The van der Waals surface area contributed by atoms with Gasteiger partial charge in [-0.1, -0.05) is 26.0 Å². The fourth-order valence-corrected chi connectivity index (χ4v) is 3.18. The van der Waals surface area contributed by atoms with Gasteiger partial charge >= 0.3 is 6.18 Å². The number of rotatable bonds is 6. The van der Waals surface area contributed by atoms with Gasteiger partial charge in [0.2, 0.25) is 11.8 Å². The van der Waals surface area contributed by atoms with Gasteiger partial charge in [0.05, 0.1) is 17.2 Å². The van der Waals surface area contributed by atoms with E-state index in [0.717, 1.165) is 23.8 Å². The topological polar surface area (TPSA) is 40.6 Å². The molecule has 0 radical (unpaired) electrons. The van der Waals surface area contributed by atoms with E-state index in [9.17, 15) is 22.8 Å². The summed E-state index contributed by atoms with van der Waals surface area (Å²) in [6, 6.07) is 4.99. The van der Waals surface area contributed by atoms with Crippen molar-refractivity contribution < 1.29 is 22.8 Å². The van der Waals surface area contributed by atoms with Crippen LogP contribution in [0.1, 0.15) is 38.7 Å². The van der Waals surface area contributed by atoms with Crippen molar-refractivity contribution in [2.45, 2.75) is 39.3 Å². The first-order valence-corrected chi connectivity index (χ1v) is 8.54. The first-order chi connectivity index (χ1) is 11.8. The molecule has 1 fully saturated rings. The van der Waals surface area contributed by atoms with E-state index in [4.69, 9.17) is 0 Å². The Labute approximate surface area is 145 Å². The Morgan fingerprint density at radius 1 is 1.20 bits per heavy atom. The van der Waals surface area contributed by atoms with Gasteiger partial charge in [-0.25, -0.2) is 0 Å². The average Bonchev–Trinajstić information content (AvgIpc) is 2.95. The SMILES string of the molecule is CCCN(CCC)C(=O)C1CC(=O)N(c2ccccc2C(F)(F)F)C1. The van der Waals surface area contributed by atoms with Crippen molar-refractivity contribution in [3.05, 3.63) is 29.8 Å². The minimum Gasteiger partial charge on any atom is -0.342 e. The third-order valence-electron chi connectivity index (χ3n) is 4.27. The van der Waals surface area contributed by atoms with Crippen LogP contribution in [0.2, 0.25) is 0 Å². The number of benzene rings is 1. The molecule has 1 aromatic rings. The highest BCUT2D eigenvalue weighted by Gasteiger charge is 2.41. The zero-order chi connectivity index (χ0) is 18.6. The number of hydrogen-bond acceptors (Lipinski definition) is 2. The van der Waals surface area contributed by atoms with Crippen molar-refractivity contribution in [1.82, 2.24) is 4.90 Å². The van der Waals surface area contributed by atoms with E-state index in [1.807, 2.05) is 13.8 Å². The lowest BCUT2D eigenvalue weighted by atomic mass is 10.1. The molecular formula is C18H23F3N2O2. The molecule has 7 heteroatoms. The molecule has 138 valence electrons. The van der Waals surface area contributed by atoms with Crippen molar-refractivity contribution in [1.29, 1.82) is 0 Å². The van der Waals surface area contributed by atoms with Crippen molar-refractivity contribution >= 4 is 17.5 Å². The maximum absolute atomic E-state index is 13.2. The Hall–Kier alpha value is -2.05. The van der Waals surface area contributed by atoms with Crippen molar-refractivity contribution in [2.24, 2.45) is 5.92 Å². The smallest absolute Gasteiger partial charge is 0.342 e. The molecule has 0 spiro atoms. The third kappa shape index (κ3) is 4.32. The Balaban J connectivity index is 2.22. The Bertz CT molecular complexity index is 625. The molecule has 0 saturated carbocycles. The second-order valence-electron chi connectivity index (χ2n) is 6.25. The fourth-order valence-electron chi connectivity index (χ4n) is 3.18. The molecule has 0 aliphatic carbocycles.